The first-order valence-corrected chi connectivity index (χ1v) is 12.1. The summed E-state index contributed by atoms with van der Waals surface area (Å²) in [7, 11) is 1.59. The van der Waals surface area contributed by atoms with E-state index in [2.05, 4.69) is 10.1 Å². The molecule has 0 saturated heterocycles. The molecule has 0 N–H and O–H groups in total. The lowest BCUT2D eigenvalue weighted by molar-refractivity contribution is 0.0462. The number of aromatic nitrogens is 3. The molecule has 0 bridgehead atoms. The van der Waals surface area contributed by atoms with Crippen molar-refractivity contribution in [3.63, 3.8) is 0 Å². The Morgan fingerprint density at radius 3 is 2.05 bits per heavy atom. The lowest BCUT2D eigenvalue weighted by atomic mass is 10.0. The number of ether oxygens (including phenoxy) is 2. The minimum absolute atomic E-state index is 0.136. The fourth-order valence-corrected chi connectivity index (χ4v) is 3.95. The van der Waals surface area contributed by atoms with Crippen LogP contribution in [-0.2, 0) is 4.74 Å². The number of Topliss-reactive ketones (excluding diaryl/α,β-unsaturated/α-hetero) is 1. The van der Waals surface area contributed by atoms with E-state index >= 15 is 0 Å². The van der Waals surface area contributed by atoms with Gasteiger partial charge in [-0.15, -0.1) is 5.10 Å². The molecule has 5 aromatic rings. The van der Waals surface area contributed by atoms with E-state index in [1.54, 1.807) is 36.1 Å². The van der Waals surface area contributed by atoms with Crippen LogP contribution < -0.4 is 4.74 Å². The maximum atomic E-state index is 12.9. The van der Waals surface area contributed by atoms with Gasteiger partial charge in [0.05, 0.1) is 12.8 Å². The van der Waals surface area contributed by atoms with Crippen molar-refractivity contribution in [2.75, 3.05) is 13.7 Å². The fraction of sp³-hybridized carbons (Fsp3) is 0.0968. The Labute approximate surface area is 220 Å². The molecule has 0 unspecified atom stereocenters. The lowest BCUT2D eigenvalue weighted by Gasteiger charge is -2.07. The summed E-state index contributed by atoms with van der Waals surface area (Å²) in [5.74, 6) is -0.0551. The molecule has 0 amide bonds. The van der Waals surface area contributed by atoms with Crippen molar-refractivity contribution in [2.24, 2.45) is 0 Å². The zero-order valence-electron chi connectivity index (χ0n) is 21.0. The van der Waals surface area contributed by atoms with Crippen molar-refractivity contribution >= 4 is 11.8 Å². The summed E-state index contributed by atoms with van der Waals surface area (Å²) < 4.78 is 12.1. The van der Waals surface area contributed by atoms with Crippen molar-refractivity contribution < 1.29 is 19.1 Å². The van der Waals surface area contributed by atoms with Crippen LogP contribution in [0.3, 0.4) is 0 Å². The van der Waals surface area contributed by atoms with E-state index in [4.69, 9.17) is 9.47 Å². The Kier molecular flexibility index (Phi) is 7.08. The first-order valence-electron chi connectivity index (χ1n) is 12.1. The van der Waals surface area contributed by atoms with Gasteiger partial charge < -0.3 is 9.47 Å². The maximum Gasteiger partial charge on any atom is 0.378 e. The number of hydrogen-bond donors (Lipinski definition) is 0. The van der Waals surface area contributed by atoms with E-state index in [0.29, 0.717) is 22.8 Å². The summed E-state index contributed by atoms with van der Waals surface area (Å²) in [4.78, 5) is 30.0. The molecule has 0 aliphatic carbocycles. The van der Waals surface area contributed by atoms with Crippen molar-refractivity contribution in [1.82, 2.24) is 14.8 Å². The third-order valence-corrected chi connectivity index (χ3v) is 6.06. The van der Waals surface area contributed by atoms with Gasteiger partial charge in [0.15, 0.2) is 18.2 Å². The third kappa shape index (κ3) is 5.37. The summed E-state index contributed by atoms with van der Waals surface area (Å²) in [6.07, 6.45) is 0. The van der Waals surface area contributed by atoms with Gasteiger partial charge in [-0.1, -0.05) is 84.4 Å². The van der Waals surface area contributed by atoms with Gasteiger partial charge in [-0.05, 0) is 42.3 Å². The van der Waals surface area contributed by atoms with Crippen LogP contribution in [0.4, 0.5) is 0 Å². The smallest absolute Gasteiger partial charge is 0.378 e. The molecule has 0 aliphatic heterocycles. The number of ketones is 1. The number of carbonyl (C=O) groups is 2. The molecule has 4 aromatic carbocycles. The van der Waals surface area contributed by atoms with Crippen LogP contribution in [0.15, 0.2) is 103 Å². The molecule has 5 rings (SSSR count). The molecule has 0 radical (unpaired) electrons. The highest BCUT2D eigenvalue weighted by Gasteiger charge is 2.21. The number of rotatable bonds is 8. The predicted molar refractivity (Wildman–Crippen MR) is 145 cm³/mol. The van der Waals surface area contributed by atoms with Crippen LogP contribution in [-0.4, -0.2) is 40.2 Å². The van der Waals surface area contributed by atoms with Gasteiger partial charge in [0.1, 0.15) is 5.75 Å². The summed E-state index contributed by atoms with van der Waals surface area (Å²) >= 11 is 0. The Morgan fingerprint density at radius 1 is 0.763 bits per heavy atom. The van der Waals surface area contributed by atoms with Gasteiger partial charge in [0, 0.05) is 11.1 Å². The summed E-state index contributed by atoms with van der Waals surface area (Å²) in [6.45, 7) is 1.58. The van der Waals surface area contributed by atoms with Gasteiger partial charge in [0.25, 0.3) is 5.82 Å². The first-order chi connectivity index (χ1) is 18.5. The summed E-state index contributed by atoms with van der Waals surface area (Å²) in [5.41, 5.74) is 5.08. The summed E-state index contributed by atoms with van der Waals surface area (Å²) in [6, 6.07) is 32.1. The molecule has 1 heterocycles. The normalized spacial score (nSPS) is 10.7. The van der Waals surface area contributed by atoms with Crippen LogP contribution in [0.5, 0.6) is 5.75 Å². The fourth-order valence-electron chi connectivity index (χ4n) is 3.95. The topological polar surface area (TPSA) is 83.3 Å². The van der Waals surface area contributed by atoms with E-state index < -0.39 is 12.6 Å². The number of carbonyl (C=O) groups excluding carboxylic acids is 2. The van der Waals surface area contributed by atoms with Gasteiger partial charge in [-0.25, -0.2) is 14.5 Å². The van der Waals surface area contributed by atoms with Crippen molar-refractivity contribution in [2.45, 2.75) is 6.92 Å². The van der Waals surface area contributed by atoms with Gasteiger partial charge in [0.2, 0.25) is 0 Å². The van der Waals surface area contributed by atoms with E-state index in [0.717, 1.165) is 22.3 Å². The average Bonchev–Trinajstić information content (AvgIpc) is 3.42. The Morgan fingerprint density at radius 2 is 1.39 bits per heavy atom. The second-order valence-electron chi connectivity index (χ2n) is 8.68. The number of esters is 1. The highest BCUT2D eigenvalue weighted by atomic mass is 16.5. The van der Waals surface area contributed by atoms with Crippen molar-refractivity contribution in [1.29, 1.82) is 0 Å². The van der Waals surface area contributed by atoms with E-state index in [-0.39, 0.29) is 11.6 Å². The monoisotopic (exact) mass is 503 g/mol. The van der Waals surface area contributed by atoms with Gasteiger partial charge >= 0.3 is 5.97 Å². The molecular weight excluding hydrogens is 478 g/mol. The number of benzene rings is 4. The standard InChI is InChI=1S/C31H25N3O4/c1-21-8-10-25(11-9-21)30-32-29(33-34(30)26-16-18-27(37-2)19-17-26)31(36)38-20-28(35)24-14-12-23(13-15-24)22-6-4-3-5-7-22/h3-19H,20H2,1-2H3. The quantitative estimate of drug-likeness (QED) is 0.192. The minimum atomic E-state index is -0.778. The highest BCUT2D eigenvalue weighted by Crippen LogP contribution is 2.24. The number of aryl methyl sites for hydroxylation is 1. The Hall–Kier alpha value is -5.04. The molecule has 0 saturated carbocycles. The van der Waals surface area contributed by atoms with E-state index in [1.165, 1.54) is 0 Å². The zero-order chi connectivity index (χ0) is 26.5. The van der Waals surface area contributed by atoms with Crippen LogP contribution in [0.25, 0.3) is 28.2 Å². The number of nitrogens with zero attached hydrogens (tertiary/aromatic N) is 3. The third-order valence-electron chi connectivity index (χ3n) is 6.06. The van der Waals surface area contributed by atoms with Gasteiger partial charge in [-0.2, -0.15) is 0 Å². The van der Waals surface area contributed by atoms with Gasteiger partial charge in [-0.3, -0.25) is 4.79 Å². The maximum absolute atomic E-state index is 12.9. The SMILES string of the molecule is COc1ccc(-n2nc(C(=O)OCC(=O)c3ccc(-c4ccccc4)cc3)nc2-c2ccc(C)cc2)cc1. The zero-order valence-corrected chi connectivity index (χ0v) is 21.0. The predicted octanol–water partition coefficient (Wildman–Crippen LogP) is 5.96. The number of hydrogen-bond acceptors (Lipinski definition) is 6. The van der Waals surface area contributed by atoms with Crippen LogP contribution in [0.1, 0.15) is 26.5 Å². The van der Waals surface area contributed by atoms with Crippen LogP contribution >= 0.6 is 0 Å². The second-order valence-corrected chi connectivity index (χ2v) is 8.68. The molecule has 7 nitrogen and oxygen atoms in total. The van der Waals surface area contributed by atoms with Crippen molar-refractivity contribution in [3.8, 4) is 34.0 Å². The molecule has 1 aromatic heterocycles. The Bertz CT molecular complexity index is 1560. The second kappa shape index (κ2) is 10.9. The minimum Gasteiger partial charge on any atom is -0.497 e. The molecule has 0 fully saturated rings. The van der Waals surface area contributed by atoms with E-state index in [9.17, 15) is 9.59 Å². The Balaban J connectivity index is 1.34. The van der Waals surface area contributed by atoms with Crippen LogP contribution in [0.2, 0.25) is 0 Å². The molecule has 188 valence electrons. The summed E-state index contributed by atoms with van der Waals surface area (Å²) in [5, 5.41) is 4.41. The molecule has 7 heteroatoms. The van der Waals surface area contributed by atoms with Crippen LogP contribution in [0, 0.1) is 6.92 Å². The van der Waals surface area contributed by atoms with Crippen molar-refractivity contribution in [3.05, 3.63) is 120 Å². The highest BCUT2D eigenvalue weighted by molar-refractivity contribution is 5.99. The molecule has 0 atom stereocenters. The lowest BCUT2D eigenvalue weighted by Crippen LogP contribution is -2.15. The molecular formula is C31H25N3O4. The number of methoxy groups -OCH3 is 1. The largest absolute Gasteiger partial charge is 0.497 e. The van der Waals surface area contributed by atoms with E-state index in [1.807, 2.05) is 85.8 Å². The molecule has 0 spiro atoms. The molecule has 0 aliphatic rings. The average molecular weight is 504 g/mol. The first kappa shape index (κ1) is 24.6. The molecule has 38 heavy (non-hydrogen) atoms.